The van der Waals surface area contributed by atoms with Crippen LogP contribution in [0.2, 0.25) is 0 Å². The van der Waals surface area contributed by atoms with Gasteiger partial charge in [-0.05, 0) is 42.5 Å². The molecule has 0 aromatic carbocycles. The van der Waals surface area contributed by atoms with Gasteiger partial charge in [-0.15, -0.1) is 11.3 Å². The number of aliphatic hydroxyl groups excluding tert-OH is 1. The lowest BCUT2D eigenvalue weighted by atomic mass is 9.97. The monoisotopic (exact) mass is 333 g/mol. The Morgan fingerprint density at radius 1 is 1.43 bits per heavy atom. The van der Waals surface area contributed by atoms with Gasteiger partial charge in [0, 0.05) is 13.2 Å². The van der Waals surface area contributed by atoms with E-state index in [1.54, 1.807) is 6.92 Å². The van der Waals surface area contributed by atoms with E-state index in [9.17, 15) is 18.3 Å². The van der Waals surface area contributed by atoms with Crippen molar-refractivity contribution in [3.8, 4) is 0 Å². The Hall–Kier alpha value is -0.960. The van der Waals surface area contributed by atoms with Crippen LogP contribution in [0, 0.1) is 18.8 Å². The number of carbonyl (C=O) groups is 1. The molecule has 1 aliphatic carbocycles. The van der Waals surface area contributed by atoms with Crippen LogP contribution in [-0.2, 0) is 10.0 Å². The molecule has 0 aliphatic heterocycles. The zero-order valence-corrected chi connectivity index (χ0v) is 13.3. The smallest absolute Gasteiger partial charge is 0.347 e. The number of rotatable bonds is 6. The van der Waals surface area contributed by atoms with Crippen molar-refractivity contribution in [2.24, 2.45) is 11.8 Å². The molecule has 1 aliphatic rings. The average Bonchev–Trinajstić information content (AvgIpc) is 3.02. The molecular formula is C13H19NO5S2. The SMILES string of the molecule is Cc1csc(C(=O)O)c1S(=O)(=O)NCC1CCCC1CO. The fraction of sp³-hybridized carbons (Fsp3) is 0.615. The van der Waals surface area contributed by atoms with E-state index in [-0.39, 0.29) is 34.8 Å². The molecule has 0 amide bonds. The van der Waals surface area contributed by atoms with E-state index in [4.69, 9.17) is 5.11 Å². The highest BCUT2D eigenvalue weighted by Gasteiger charge is 2.30. The summed E-state index contributed by atoms with van der Waals surface area (Å²) in [6, 6.07) is 0. The van der Waals surface area contributed by atoms with Gasteiger partial charge in [-0.1, -0.05) is 6.42 Å². The maximum absolute atomic E-state index is 12.4. The first-order chi connectivity index (χ1) is 9.86. The average molecular weight is 333 g/mol. The van der Waals surface area contributed by atoms with Crippen molar-refractivity contribution < 1.29 is 23.4 Å². The van der Waals surface area contributed by atoms with Crippen LogP contribution in [0.5, 0.6) is 0 Å². The topological polar surface area (TPSA) is 104 Å². The van der Waals surface area contributed by atoms with Crippen molar-refractivity contribution in [1.29, 1.82) is 0 Å². The number of aliphatic hydroxyl groups is 1. The second-order valence-electron chi connectivity index (χ2n) is 5.37. The second-order valence-corrected chi connectivity index (χ2v) is 7.95. The van der Waals surface area contributed by atoms with Crippen molar-refractivity contribution in [2.75, 3.05) is 13.2 Å². The maximum Gasteiger partial charge on any atom is 0.347 e. The van der Waals surface area contributed by atoms with E-state index >= 15 is 0 Å². The number of nitrogens with one attached hydrogen (secondary N) is 1. The molecule has 2 unspecified atom stereocenters. The highest BCUT2D eigenvalue weighted by molar-refractivity contribution is 7.89. The summed E-state index contributed by atoms with van der Waals surface area (Å²) in [5.74, 6) is -1.00. The highest BCUT2D eigenvalue weighted by atomic mass is 32.2. The Kier molecular flexibility index (Phi) is 5.03. The first kappa shape index (κ1) is 16.4. The molecule has 118 valence electrons. The van der Waals surface area contributed by atoms with Gasteiger partial charge >= 0.3 is 5.97 Å². The summed E-state index contributed by atoms with van der Waals surface area (Å²) in [4.78, 5) is 10.8. The molecule has 6 nitrogen and oxygen atoms in total. The highest BCUT2D eigenvalue weighted by Crippen LogP contribution is 2.32. The van der Waals surface area contributed by atoms with Crippen LogP contribution >= 0.6 is 11.3 Å². The van der Waals surface area contributed by atoms with Crippen LogP contribution < -0.4 is 4.72 Å². The normalized spacial score (nSPS) is 22.6. The summed E-state index contributed by atoms with van der Waals surface area (Å²) in [6.45, 7) is 1.88. The van der Waals surface area contributed by atoms with E-state index in [0.717, 1.165) is 30.6 Å². The molecule has 1 saturated carbocycles. The minimum Gasteiger partial charge on any atom is -0.477 e. The number of carboxylic acid groups (broad SMARTS) is 1. The Morgan fingerprint density at radius 3 is 2.71 bits per heavy atom. The fourth-order valence-electron chi connectivity index (χ4n) is 2.83. The molecule has 3 N–H and O–H groups in total. The van der Waals surface area contributed by atoms with E-state index in [0.29, 0.717) is 5.56 Å². The van der Waals surface area contributed by atoms with Gasteiger partial charge in [0.25, 0.3) is 0 Å². The number of hydrogen-bond acceptors (Lipinski definition) is 5. The quantitative estimate of drug-likeness (QED) is 0.731. The Bertz CT molecular complexity index is 623. The summed E-state index contributed by atoms with van der Waals surface area (Å²) in [6.07, 6.45) is 2.76. The van der Waals surface area contributed by atoms with Crippen molar-refractivity contribution in [1.82, 2.24) is 4.72 Å². The Morgan fingerprint density at radius 2 is 2.10 bits per heavy atom. The molecule has 0 bridgehead atoms. The lowest BCUT2D eigenvalue weighted by Crippen LogP contribution is -2.32. The minimum atomic E-state index is -3.84. The first-order valence-corrected chi connectivity index (χ1v) is 9.15. The summed E-state index contributed by atoms with van der Waals surface area (Å²) >= 11 is 0.916. The molecule has 2 atom stereocenters. The zero-order chi connectivity index (χ0) is 15.6. The number of aryl methyl sites for hydroxylation is 1. The summed E-state index contributed by atoms with van der Waals surface area (Å²) < 4.78 is 27.2. The largest absolute Gasteiger partial charge is 0.477 e. The molecule has 8 heteroatoms. The van der Waals surface area contributed by atoms with Gasteiger partial charge in [-0.2, -0.15) is 0 Å². The van der Waals surface area contributed by atoms with Gasteiger partial charge < -0.3 is 10.2 Å². The number of thiophene rings is 1. The number of sulfonamides is 1. The predicted molar refractivity (Wildman–Crippen MR) is 79.1 cm³/mol. The standard InChI is InChI=1S/C13H19NO5S2/c1-8-7-20-11(13(16)17)12(8)21(18,19)14-5-9-3-2-4-10(9)6-15/h7,9-10,14-15H,2-6H2,1H3,(H,16,17). The van der Waals surface area contributed by atoms with Gasteiger partial charge in [0.1, 0.15) is 9.77 Å². The Labute approximate surface area is 127 Å². The van der Waals surface area contributed by atoms with Crippen molar-refractivity contribution >= 4 is 27.3 Å². The molecule has 1 fully saturated rings. The van der Waals surface area contributed by atoms with Gasteiger partial charge in [0.2, 0.25) is 10.0 Å². The molecule has 2 rings (SSSR count). The van der Waals surface area contributed by atoms with Gasteiger partial charge in [-0.3, -0.25) is 0 Å². The summed E-state index contributed by atoms with van der Waals surface area (Å²) in [7, 11) is -3.84. The van der Waals surface area contributed by atoms with Gasteiger partial charge in [0.05, 0.1) is 0 Å². The Balaban J connectivity index is 2.16. The number of hydrogen-bond donors (Lipinski definition) is 3. The number of aromatic carboxylic acids is 1. The predicted octanol–water partition coefficient (Wildman–Crippen LogP) is 1.44. The molecular weight excluding hydrogens is 314 g/mol. The van der Waals surface area contributed by atoms with E-state index in [2.05, 4.69) is 4.72 Å². The molecule has 0 spiro atoms. The second kappa shape index (κ2) is 6.43. The van der Waals surface area contributed by atoms with Crippen LogP contribution in [0.1, 0.15) is 34.5 Å². The van der Waals surface area contributed by atoms with Crippen LogP contribution in [0.3, 0.4) is 0 Å². The third-order valence-corrected chi connectivity index (χ3v) is 6.79. The molecule has 1 aromatic rings. The molecule has 0 radical (unpaired) electrons. The third-order valence-electron chi connectivity index (χ3n) is 3.97. The van der Waals surface area contributed by atoms with Gasteiger partial charge in [-0.25, -0.2) is 17.9 Å². The van der Waals surface area contributed by atoms with E-state index < -0.39 is 16.0 Å². The van der Waals surface area contributed by atoms with E-state index in [1.807, 2.05) is 0 Å². The minimum absolute atomic E-state index is 0.0598. The zero-order valence-electron chi connectivity index (χ0n) is 11.7. The summed E-state index contributed by atoms with van der Waals surface area (Å²) in [5, 5.41) is 19.9. The maximum atomic E-state index is 12.4. The first-order valence-electron chi connectivity index (χ1n) is 6.78. The molecule has 1 heterocycles. The molecule has 1 aromatic heterocycles. The third kappa shape index (κ3) is 3.45. The lowest BCUT2D eigenvalue weighted by Gasteiger charge is -2.18. The van der Waals surface area contributed by atoms with Crippen LogP contribution in [0.25, 0.3) is 0 Å². The molecule has 0 saturated heterocycles. The van der Waals surface area contributed by atoms with Gasteiger partial charge in [0.15, 0.2) is 0 Å². The lowest BCUT2D eigenvalue weighted by molar-refractivity contribution is 0.0698. The fourth-order valence-corrected chi connectivity index (χ4v) is 5.55. The van der Waals surface area contributed by atoms with Crippen LogP contribution in [0.15, 0.2) is 10.3 Å². The van der Waals surface area contributed by atoms with Crippen LogP contribution in [-0.4, -0.2) is 37.8 Å². The van der Waals surface area contributed by atoms with Crippen molar-refractivity contribution in [3.63, 3.8) is 0 Å². The van der Waals surface area contributed by atoms with Crippen molar-refractivity contribution in [2.45, 2.75) is 31.1 Å². The van der Waals surface area contributed by atoms with Crippen molar-refractivity contribution in [3.05, 3.63) is 15.8 Å². The van der Waals surface area contributed by atoms with E-state index in [1.165, 1.54) is 5.38 Å². The number of carboxylic acids is 1. The van der Waals surface area contributed by atoms with Crippen LogP contribution in [0.4, 0.5) is 0 Å². The summed E-state index contributed by atoms with van der Waals surface area (Å²) in [5.41, 5.74) is 0.440. The molecule has 21 heavy (non-hydrogen) atoms.